The Bertz CT molecular complexity index is 789. The Hall–Kier alpha value is -1.79. The third-order valence-corrected chi connectivity index (χ3v) is 5.70. The molecular weight excluding hydrogens is 308 g/mol. The highest BCUT2D eigenvalue weighted by Gasteiger charge is 2.30. The van der Waals surface area contributed by atoms with Crippen molar-refractivity contribution in [3.8, 4) is 0 Å². The lowest BCUT2D eigenvalue weighted by atomic mass is 10.1. The first-order valence-electron chi connectivity index (χ1n) is 7.96. The highest BCUT2D eigenvalue weighted by molar-refractivity contribution is 7.99. The molecule has 0 saturated carbocycles. The summed E-state index contributed by atoms with van der Waals surface area (Å²) in [5.74, 6) is 0.966. The van der Waals surface area contributed by atoms with Gasteiger partial charge in [-0.1, -0.05) is 49.0 Å². The number of aromatic nitrogens is 2. The zero-order chi connectivity index (χ0) is 16.0. The molecule has 0 aliphatic carbocycles. The number of nitrogens with zero attached hydrogens (tertiary/aromatic N) is 3. The molecule has 1 aromatic heterocycles. The van der Waals surface area contributed by atoms with E-state index in [1.165, 1.54) is 5.56 Å². The molecule has 1 aromatic carbocycles. The highest BCUT2D eigenvalue weighted by Crippen LogP contribution is 2.35. The summed E-state index contributed by atoms with van der Waals surface area (Å²) in [5, 5.41) is 4.78. The first-order chi connectivity index (χ1) is 11.1. The quantitative estimate of drug-likeness (QED) is 0.859. The maximum Gasteiger partial charge on any atom is 0.280 e. The Morgan fingerprint density at radius 2 is 2.13 bits per heavy atom. The summed E-state index contributed by atoms with van der Waals surface area (Å²) in [5.41, 5.74) is 1.96. The van der Waals surface area contributed by atoms with Gasteiger partial charge in [0.15, 0.2) is 5.16 Å². The first-order valence-corrected chi connectivity index (χ1v) is 8.84. The van der Waals surface area contributed by atoms with Crippen LogP contribution >= 0.6 is 11.8 Å². The fraction of sp³-hybridized carbons (Fsp3) is 0.412. The van der Waals surface area contributed by atoms with Crippen LogP contribution in [-0.4, -0.2) is 26.4 Å². The largest absolute Gasteiger partial charge is 0.358 e. The van der Waals surface area contributed by atoms with Gasteiger partial charge in [0.1, 0.15) is 5.82 Å². The molecule has 4 rings (SSSR count). The van der Waals surface area contributed by atoms with E-state index in [0.717, 1.165) is 29.8 Å². The standard InChI is InChI=1S/C17H20N4OS/c1-11-8-21-15-14(16(22)19-17(21)23-11)9-20(10-18-15)12(2)13-6-4-3-5-7-13/h3-7,11-12,18H,8-10H2,1-2H3. The molecule has 120 valence electrons. The lowest BCUT2D eigenvalue weighted by Crippen LogP contribution is -2.40. The van der Waals surface area contributed by atoms with Gasteiger partial charge < -0.3 is 9.88 Å². The monoisotopic (exact) mass is 328 g/mol. The molecule has 6 heteroatoms. The summed E-state index contributed by atoms with van der Waals surface area (Å²) in [4.78, 5) is 19.0. The van der Waals surface area contributed by atoms with Crippen LogP contribution in [0.25, 0.3) is 0 Å². The summed E-state index contributed by atoms with van der Waals surface area (Å²) in [6.07, 6.45) is 0. The smallest absolute Gasteiger partial charge is 0.280 e. The molecule has 0 bridgehead atoms. The molecule has 0 radical (unpaired) electrons. The minimum atomic E-state index is -0.0923. The van der Waals surface area contributed by atoms with E-state index in [1.54, 1.807) is 11.8 Å². The Labute approximate surface area is 139 Å². The van der Waals surface area contributed by atoms with Gasteiger partial charge in [0.2, 0.25) is 0 Å². The van der Waals surface area contributed by atoms with Crippen LogP contribution in [0.4, 0.5) is 5.82 Å². The minimum absolute atomic E-state index is 0.0923. The van der Waals surface area contributed by atoms with Crippen LogP contribution in [0.2, 0.25) is 0 Å². The molecule has 2 aliphatic rings. The van der Waals surface area contributed by atoms with Crippen LogP contribution < -0.4 is 10.9 Å². The van der Waals surface area contributed by atoms with Crippen molar-refractivity contribution >= 4 is 17.6 Å². The molecular formula is C17H20N4OS. The maximum atomic E-state index is 12.4. The molecule has 1 N–H and O–H groups in total. The van der Waals surface area contributed by atoms with Gasteiger partial charge in [-0.05, 0) is 12.5 Å². The number of benzene rings is 1. The second-order valence-corrected chi connectivity index (χ2v) is 7.64. The van der Waals surface area contributed by atoms with E-state index in [1.807, 2.05) is 6.07 Å². The number of thioether (sulfide) groups is 1. The predicted molar refractivity (Wildman–Crippen MR) is 92.7 cm³/mol. The average Bonchev–Trinajstić information content (AvgIpc) is 2.95. The summed E-state index contributed by atoms with van der Waals surface area (Å²) < 4.78 is 2.16. The number of anilines is 1. The van der Waals surface area contributed by atoms with Gasteiger partial charge >= 0.3 is 0 Å². The zero-order valence-corrected chi connectivity index (χ0v) is 14.1. The molecule has 2 atom stereocenters. The fourth-order valence-electron chi connectivity index (χ4n) is 3.30. The lowest BCUT2D eigenvalue weighted by Gasteiger charge is -2.35. The Kier molecular flexibility index (Phi) is 3.66. The van der Waals surface area contributed by atoms with E-state index in [0.29, 0.717) is 11.8 Å². The molecule has 2 aromatic rings. The first kappa shape index (κ1) is 14.8. The summed E-state index contributed by atoms with van der Waals surface area (Å²) in [7, 11) is 0. The van der Waals surface area contributed by atoms with Crippen molar-refractivity contribution in [2.24, 2.45) is 0 Å². The fourth-order valence-corrected chi connectivity index (χ4v) is 4.32. The molecule has 2 unspecified atom stereocenters. The Morgan fingerprint density at radius 3 is 2.91 bits per heavy atom. The van der Waals surface area contributed by atoms with Gasteiger partial charge in [-0.15, -0.1) is 0 Å². The normalized spacial score (nSPS) is 21.4. The van der Waals surface area contributed by atoms with Crippen molar-refractivity contribution in [2.45, 2.75) is 43.4 Å². The summed E-state index contributed by atoms with van der Waals surface area (Å²) in [6, 6.07) is 10.7. The number of rotatable bonds is 2. The second kappa shape index (κ2) is 5.69. The van der Waals surface area contributed by atoms with E-state index in [4.69, 9.17) is 0 Å². The number of hydrogen-bond donors (Lipinski definition) is 1. The molecule has 2 aliphatic heterocycles. The van der Waals surface area contributed by atoms with E-state index >= 15 is 0 Å². The third-order valence-electron chi connectivity index (χ3n) is 4.63. The van der Waals surface area contributed by atoms with Gasteiger partial charge in [0.05, 0.1) is 12.2 Å². The number of nitrogens with one attached hydrogen (secondary N) is 1. The van der Waals surface area contributed by atoms with Crippen molar-refractivity contribution in [3.63, 3.8) is 0 Å². The van der Waals surface area contributed by atoms with Gasteiger partial charge in [0.25, 0.3) is 5.56 Å². The van der Waals surface area contributed by atoms with E-state index in [9.17, 15) is 4.79 Å². The van der Waals surface area contributed by atoms with Crippen LogP contribution in [0.15, 0.2) is 40.3 Å². The average molecular weight is 328 g/mol. The van der Waals surface area contributed by atoms with Crippen LogP contribution in [0.1, 0.15) is 31.0 Å². The van der Waals surface area contributed by atoms with Crippen molar-refractivity contribution in [3.05, 3.63) is 51.8 Å². The van der Waals surface area contributed by atoms with E-state index in [-0.39, 0.29) is 11.6 Å². The number of hydrogen-bond acceptors (Lipinski definition) is 5. The summed E-state index contributed by atoms with van der Waals surface area (Å²) in [6.45, 7) is 6.65. The molecule has 0 spiro atoms. The lowest BCUT2D eigenvalue weighted by molar-refractivity contribution is 0.206. The van der Waals surface area contributed by atoms with Crippen LogP contribution in [-0.2, 0) is 13.1 Å². The van der Waals surface area contributed by atoms with E-state index < -0.39 is 0 Å². The van der Waals surface area contributed by atoms with Crippen LogP contribution in [0, 0.1) is 0 Å². The molecule has 5 nitrogen and oxygen atoms in total. The minimum Gasteiger partial charge on any atom is -0.358 e. The van der Waals surface area contributed by atoms with Crippen LogP contribution in [0.3, 0.4) is 0 Å². The van der Waals surface area contributed by atoms with Gasteiger partial charge in [0, 0.05) is 24.4 Å². The van der Waals surface area contributed by atoms with Crippen molar-refractivity contribution in [2.75, 3.05) is 12.0 Å². The topological polar surface area (TPSA) is 50.2 Å². The van der Waals surface area contributed by atoms with Gasteiger partial charge in [-0.25, -0.2) is 0 Å². The van der Waals surface area contributed by atoms with Crippen LogP contribution in [0.5, 0.6) is 0 Å². The molecule has 0 fully saturated rings. The van der Waals surface area contributed by atoms with Gasteiger partial charge in [-0.2, -0.15) is 4.98 Å². The maximum absolute atomic E-state index is 12.4. The van der Waals surface area contributed by atoms with Crippen molar-refractivity contribution in [1.82, 2.24) is 14.5 Å². The third kappa shape index (κ3) is 2.56. The zero-order valence-electron chi connectivity index (χ0n) is 13.3. The summed E-state index contributed by atoms with van der Waals surface area (Å²) >= 11 is 1.68. The van der Waals surface area contributed by atoms with Crippen molar-refractivity contribution < 1.29 is 0 Å². The number of fused-ring (bicyclic) bond motifs is 3. The molecule has 3 heterocycles. The predicted octanol–water partition coefficient (Wildman–Crippen LogP) is 2.68. The molecule has 23 heavy (non-hydrogen) atoms. The van der Waals surface area contributed by atoms with Gasteiger partial charge in [-0.3, -0.25) is 9.69 Å². The Balaban J connectivity index is 1.66. The highest BCUT2D eigenvalue weighted by atomic mass is 32.2. The molecule has 0 saturated heterocycles. The SMILES string of the molecule is CC1Cn2c(nc(=O)c3c2NCN(C(C)c2ccccc2)C3)S1. The van der Waals surface area contributed by atoms with E-state index in [2.05, 4.69) is 57.9 Å². The van der Waals surface area contributed by atoms with Crippen molar-refractivity contribution in [1.29, 1.82) is 0 Å². The Morgan fingerprint density at radius 1 is 1.35 bits per heavy atom. The molecule has 0 amide bonds. The second-order valence-electron chi connectivity index (χ2n) is 6.23.